The summed E-state index contributed by atoms with van der Waals surface area (Å²) in [4.78, 5) is 0. The SMILES string of the molecule is CCC(N)(CC)CC.F. The van der Waals surface area contributed by atoms with Gasteiger partial charge in [0.1, 0.15) is 0 Å². The second-order valence-electron chi connectivity index (χ2n) is 2.42. The lowest BCUT2D eigenvalue weighted by molar-refractivity contribution is 0.383. The van der Waals surface area contributed by atoms with Crippen LogP contribution < -0.4 is 5.73 Å². The summed E-state index contributed by atoms with van der Waals surface area (Å²) in [7, 11) is 0. The molecule has 0 saturated carbocycles. The van der Waals surface area contributed by atoms with Gasteiger partial charge in [0.05, 0.1) is 0 Å². The summed E-state index contributed by atoms with van der Waals surface area (Å²) in [5.41, 5.74) is 6.02. The first-order valence-corrected chi connectivity index (χ1v) is 3.47. The van der Waals surface area contributed by atoms with Crippen LogP contribution in [0.2, 0.25) is 0 Å². The highest BCUT2D eigenvalue weighted by Crippen LogP contribution is 2.14. The molecule has 0 rings (SSSR count). The van der Waals surface area contributed by atoms with Gasteiger partial charge in [0.25, 0.3) is 0 Å². The monoisotopic (exact) mass is 135 g/mol. The number of hydrogen-bond acceptors (Lipinski definition) is 1. The Morgan fingerprint density at radius 2 is 1.22 bits per heavy atom. The van der Waals surface area contributed by atoms with Gasteiger partial charge < -0.3 is 5.73 Å². The molecule has 2 heteroatoms. The van der Waals surface area contributed by atoms with Crippen LogP contribution in [0.1, 0.15) is 40.0 Å². The molecule has 58 valence electrons. The van der Waals surface area contributed by atoms with Crippen molar-refractivity contribution in [1.82, 2.24) is 0 Å². The molecule has 0 heterocycles. The van der Waals surface area contributed by atoms with E-state index < -0.39 is 0 Å². The maximum atomic E-state index is 5.90. The quantitative estimate of drug-likeness (QED) is 0.630. The normalized spacial score (nSPS) is 10.7. The summed E-state index contributed by atoms with van der Waals surface area (Å²) in [6, 6.07) is 0. The Morgan fingerprint density at radius 3 is 1.22 bits per heavy atom. The number of nitrogens with two attached hydrogens (primary N) is 1. The van der Waals surface area contributed by atoms with Gasteiger partial charge in [-0.2, -0.15) is 0 Å². The topological polar surface area (TPSA) is 26.0 Å². The van der Waals surface area contributed by atoms with Crippen LogP contribution >= 0.6 is 0 Å². The molecule has 0 amide bonds. The third kappa shape index (κ3) is 3.46. The van der Waals surface area contributed by atoms with E-state index in [0.29, 0.717) is 0 Å². The van der Waals surface area contributed by atoms with Crippen molar-refractivity contribution in [3.63, 3.8) is 0 Å². The molecule has 0 aliphatic rings. The molecule has 0 aliphatic heterocycles. The molecule has 2 N–H and O–H groups in total. The Kier molecular flexibility index (Phi) is 6.14. The van der Waals surface area contributed by atoms with Gasteiger partial charge in [-0.3, -0.25) is 4.70 Å². The average molecular weight is 135 g/mol. The smallest absolute Gasteiger partial charge is 0.0146 e. The van der Waals surface area contributed by atoms with E-state index in [1.54, 1.807) is 0 Å². The van der Waals surface area contributed by atoms with E-state index in [-0.39, 0.29) is 10.2 Å². The third-order valence-electron chi connectivity index (χ3n) is 2.11. The summed E-state index contributed by atoms with van der Waals surface area (Å²) < 4.78 is 0. The molecule has 0 radical (unpaired) electrons. The van der Waals surface area contributed by atoms with Crippen LogP contribution in [0.15, 0.2) is 0 Å². The summed E-state index contributed by atoms with van der Waals surface area (Å²) >= 11 is 0. The van der Waals surface area contributed by atoms with E-state index >= 15 is 0 Å². The highest BCUT2D eigenvalue weighted by molar-refractivity contribution is 4.77. The number of halogens is 1. The van der Waals surface area contributed by atoms with Gasteiger partial charge in [-0.15, -0.1) is 0 Å². The van der Waals surface area contributed by atoms with Crippen molar-refractivity contribution in [2.24, 2.45) is 5.73 Å². The van der Waals surface area contributed by atoms with E-state index in [9.17, 15) is 0 Å². The van der Waals surface area contributed by atoms with Crippen LogP contribution in [0.5, 0.6) is 0 Å². The summed E-state index contributed by atoms with van der Waals surface area (Å²) in [5, 5.41) is 0. The zero-order chi connectivity index (χ0) is 6.62. The second kappa shape index (κ2) is 4.74. The molecule has 0 spiro atoms. The van der Waals surface area contributed by atoms with Crippen LogP contribution in [0.3, 0.4) is 0 Å². The predicted octanol–water partition coefficient (Wildman–Crippen LogP) is 2.07. The first kappa shape index (κ1) is 11.7. The van der Waals surface area contributed by atoms with Gasteiger partial charge in [-0.05, 0) is 19.3 Å². The Morgan fingerprint density at radius 1 is 1.00 bits per heavy atom. The summed E-state index contributed by atoms with van der Waals surface area (Å²) in [5.74, 6) is 0. The molecule has 0 aromatic carbocycles. The molecule has 9 heavy (non-hydrogen) atoms. The van der Waals surface area contributed by atoms with Crippen molar-refractivity contribution < 1.29 is 4.70 Å². The summed E-state index contributed by atoms with van der Waals surface area (Å²) in [6.45, 7) is 6.44. The molecule has 0 bridgehead atoms. The first-order valence-electron chi connectivity index (χ1n) is 3.47. The van der Waals surface area contributed by atoms with Crippen LogP contribution in [0.25, 0.3) is 0 Å². The lowest BCUT2D eigenvalue weighted by Crippen LogP contribution is -2.37. The van der Waals surface area contributed by atoms with Crippen molar-refractivity contribution in [2.75, 3.05) is 0 Å². The molecule has 0 atom stereocenters. The van der Waals surface area contributed by atoms with Crippen molar-refractivity contribution in [3.8, 4) is 0 Å². The molecule has 0 saturated heterocycles. The van der Waals surface area contributed by atoms with Gasteiger partial charge in [0.2, 0.25) is 0 Å². The minimum absolute atomic E-state index is 0. The fourth-order valence-electron chi connectivity index (χ4n) is 0.750. The number of hydrogen-bond donors (Lipinski definition) is 1. The molecule has 0 unspecified atom stereocenters. The van der Waals surface area contributed by atoms with Crippen molar-refractivity contribution in [3.05, 3.63) is 0 Å². The van der Waals surface area contributed by atoms with E-state index in [2.05, 4.69) is 20.8 Å². The maximum absolute atomic E-state index is 5.90. The molecule has 0 fully saturated rings. The molecule has 1 nitrogen and oxygen atoms in total. The van der Waals surface area contributed by atoms with Gasteiger partial charge in [-0.25, -0.2) is 0 Å². The summed E-state index contributed by atoms with van der Waals surface area (Å²) in [6.07, 6.45) is 3.29. The molecular formula is C7H18FN. The van der Waals surface area contributed by atoms with Crippen LogP contribution in [-0.2, 0) is 0 Å². The lowest BCUT2D eigenvalue weighted by Gasteiger charge is -2.23. The second-order valence-corrected chi connectivity index (χ2v) is 2.42. The molecule has 0 aliphatic carbocycles. The van der Waals surface area contributed by atoms with Crippen molar-refractivity contribution in [2.45, 2.75) is 45.6 Å². The first-order chi connectivity index (χ1) is 3.68. The van der Waals surface area contributed by atoms with E-state index in [4.69, 9.17) is 5.73 Å². The minimum atomic E-state index is 0. The predicted molar refractivity (Wildman–Crippen MR) is 40.3 cm³/mol. The van der Waals surface area contributed by atoms with Crippen LogP contribution in [-0.4, -0.2) is 5.54 Å². The fraction of sp³-hybridized carbons (Fsp3) is 1.00. The van der Waals surface area contributed by atoms with E-state index in [1.165, 1.54) is 0 Å². The van der Waals surface area contributed by atoms with Crippen LogP contribution in [0, 0.1) is 0 Å². The average Bonchev–Trinajstić information content (AvgIpc) is 1.87. The van der Waals surface area contributed by atoms with Crippen molar-refractivity contribution >= 4 is 0 Å². The third-order valence-corrected chi connectivity index (χ3v) is 2.11. The zero-order valence-corrected chi connectivity index (χ0v) is 6.61. The standard InChI is InChI=1S/C7H17N.FH/c1-4-7(8,5-2)6-3;/h4-6,8H2,1-3H3;1H. The minimum Gasteiger partial charge on any atom is -0.325 e. The van der Waals surface area contributed by atoms with Gasteiger partial charge in [0, 0.05) is 5.54 Å². The van der Waals surface area contributed by atoms with Crippen molar-refractivity contribution in [1.29, 1.82) is 0 Å². The lowest BCUT2D eigenvalue weighted by atomic mass is 9.92. The van der Waals surface area contributed by atoms with Gasteiger partial charge in [0.15, 0.2) is 0 Å². The zero-order valence-electron chi connectivity index (χ0n) is 6.61. The Labute approximate surface area is 57.0 Å². The van der Waals surface area contributed by atoms with Crippen LogP contribution in [0.4, 0.5) is 4.70 Å². The molecule has 0 aromatic rings. The highest BCUT2D eigenvalue weighted by Gasteiger charge is 2.15. The fourth-order valence-corrected chi connectivity index (χ4v) is 0.750. The Hall–Kier alpha value is -0.110. The maximum Gasteiger partial charge on any atom is 0.0146 e. The van der Waals surface area contributed by atoms with Gasteiger partial charge >= 0.3 is 0 Å². The van der Waals surface area contributed by atoms with Gasteiger partial charge in [-0.1, -0.05) is 20.8 Å². The highest BCUT2D eigenvalue weighted by atomic mass is 19.0. The molecule has 0 aromatic heterocycles. The van der Waals surface area contributed by atoms with E-state index in [0.717, 1.165) is 19.3 Å². The Balaban J connectivity index is 0. The van der Waals surface area contributed by atoms with E-state index in [1.807, 2.05) is 0 Å². The Bertz CT molecular complexity index is 51.7. The largest absolute Gasteiger partial charge is 0.325 e. The molecular weight excluding hydrogens is 117 g/mol. The number of rotatable bonds is 3.